The Labute approximate surface area is 190 Å². The molecule has 32 heavy (non-hydrogen) atoms. The van der Waals surface area contributed by atoms with Gasteiger partial charge in [0.15, 0.2) is 0 Å². The number of nitrogens with zero attached hydrogens (tertiary/aromatic N) is 3. The van der Waals surface area contributed by atoms with E-state index in [4.69, 9.17) is 0 Å². The van der Waals surface area contributed by atoms with Gasteiger partial charge < -0.3 is 15.5 Å². The fraction of sp³-hybridized carbons (Fsp3) is 0.440. The highest BCUT2D eigenvalue weighted by Crippen LogP contribution is 2.21. The van der Waals surface area contributed by atoms with Crippen molar-refractivity contribution in [3.8, 4) is 0 Å². The van der Waals surface area contributed by atoms with Crippen LogP contribution in [0.3, 0.4) is 0 Å². The Balaban J connectivity index is 1.26. The summed E-state index contributed by atoms with van der Waals surface area (Å²) in [4.78, 5) is 31.4. The van der Waals surface area contributed by atoms with Gasteiger partial charge in [-0.15, -0.1) is 0 Å². The van der Waals surface area contributed by atoms with E-state index in [0.29, 0.717) is 13.1 Å². The van der Waals surface area contributed by atoms with Crippen molar-refractivity contribution in [1.82, 2.24) is 15.1 Å². The molecule has 2 amide bonds. The second-order valence-electron chi connectivity index (χ2n) is 9.08. The first-order valence-electron chi connectivity index (χ1n) is 11.4. The summed E-state index contributed by atoms with van der Waals surface area (Å²) in [5, 5.41) is 5.82. The molecule has 0 bridgehead atoms. The minimum Gasteiger partial charge on any atom is -0.369 e. The topological polar surface area (TPSA) is 67.9 Å². The maximum atomic E-state index is 12.5. The number of nitrogens with one attached hydrogen (secondary N) is 2. The zero-order valence-corrected chi connectivity index (χ0v) is 19.0. The highest BCUT2D eigenvalue weighted by atomic mass is 16.2. The molecule has 7 heteroatoms. The molecule has 2 heterocycles. The molecule has 2 N–H and O–H groups in total. The van der Waals surface area contributed by atoms with Crippen molar-refractivity contribution in [3.05, 3.63) is 60.2 Å². The third kappa shape index (κ3) is 5.29. The zero-order chi connectivity index (χ0) is 22.6. The minimum atomic E-state index is -0.678. The first-order chi connectivity index (χ1) is 15.4. The number of piperazine rings is 2. The number of amides is 2. The van der Waals surface area contributed by atoms with Crippen molar-refractivity contribution in [2.75, 3.05) is 56.0 Å². The summed E-state index contributed by atoms with van der Waals surface area (Å²) in [6.45, 7) is 10.2. The molecule has 0 aliphatic carbocycles. The van der Waals surface area contributed by atoms with Gasteiger partial charge >= 0.3 is 0 Å². The van der Waals surface area contributed by atoms with Crippen molar-refractivity contribution in [3.63, 3.8) is 0 Å². The average Bonchev–Trinajstić information content (AvgIpc) is 2.79. The van der Waals surface area contributed by atoms with Gasteiger partial charge in [-0.2, -0.15) is 0 Å². The first-order valence-corrected chi connectivity index (χ1v) is 11.4. The number of carbonyl (C=O) groups is 2. The summed E-state index contributed by atoms with van der Waals surface area (Å²) < 4.78 is 0. The van der Waals surface area contributed by atoms with Crippen LogP contribution in [0, 0.1) is 0 Å². The number of benzene rings is 2. The first kappa shape index (κ1) is 22.3. The molecule has 2 saturated heterocycles. The Kier molecular flexibility index (Phi) is 6.77. The molecule has 2 aliphatic heterocycles. The normalized spacial score (nSPS) is 19.4. The zero-order valence-electron chi connectivity index (χ0n) is 19.0. The molecule has 4 rings (SSSR count). The predicted molar refractivity (Wildman–Crippen MR) is 128 cm³/mol. The van der Waals surface area contributed by atoms with Gasteiger partial charge in [0.2, 0.25) is 11.8 Å². The third-order valence-electron chi connectivity index (χ3n) is 6.49. The van der Waals surface area contributed by atoms with Crippen molar-refractivity contribution < 1.29 is 9.59 Å². The van der Waals surface area contributed by atoms with Crippen LogP contribution in [0.2, 0.25) is 0 Å². The van der Waals surface area contributed by atoms with Gasteiger partial charge in [0.25, 0.3) is 0 Å². The fourth-order valence-electron chi connectivity index (χ4n) is 4.36. The van der Waals surface area contributed by atoms with Crippen molar-refractivity contribution >= 4 is 23.2 Å². The second kappa shape index (κ2) is 9.71. The highest BCUT2D eigenvalue weighted by Gasteiger charge is 2.38. The van der Waals surface area contributed by atoms with E-state index in [-0.39, 0.29) is 18.4 Å². The van der Waals surface area contributed by atoms with Crippen molar-refractivity contribution in [1.29, 1.82) is 0 Å². The van der Waals surface area contributed by atoms with Crippen LogP contribution >= 0.6 is 0 Å². The van der Waals surface area contributed by atoms with Crippen LogP contribution in [0.1, 0.15) is 19.4 Å². The average molecular weight is 436 g/mol. The van der Waals surface area contributed by atoms with E-state index in [2.05, 4.69) is 62.9 Å². The number of rotatable bonds is 6. The lowest BCUT2D eigenvalue weighted by atomic mass is 9.99. The van der Waals surface area contributed by atoms with Crippen molar-refractivity contribution in [2.45, 2.75) is 25.9 Å². The van der Waals surface area contributed by atoms with Gasteiger partial charge in [0.05, 0.1) is 12.1 Å². The summed E-state index contributed by atoms with van der Waals surface area (Å²) in [5.74, 6) is -0.139. The lowest BCUT2D eigenvalue weighted by molar-refractivity contribution is -0.136. The van der Waals surface area contributed by atoms with E-state index in [9.17, 15) is 9.59 Å². The Morgan fingerprint density at radius 2 is 1.66 bits per heavy atom. The Morgan fingerprint density at radius 1 is 0.969 bits per heavy atom. The minimum absolute atomic E-state index is 0.0373. The van der Waals surface area contributed by atoms with Gasteiger partial charge in [0, 0.05) is 57.2 Å². The van der Waals surface area contributed by atoms with Gasteiger partial charge in [-0.25, -0.2) is 0 Å². The molecule has 0 aromatic heterocycles. The van der Waals surface area contributed by atoms with Crippen LogP contribution in [0.25, 0.3) is 0 Å². The summed E-state index contributed by atoms with van der Waals surface area (Å²) in [6, 6.07) is 18.7. The van der Waals surface area contributed by atoms with Crippen LogP contribution in [0.15, 0.2) is 54.6 Å². The molecule has 2 fully saturated rings. The van der Waals surface area contributed by atoms with Gasteiger partial charge in [-0.1, -0.05) is 30.3 Å². The lowest BCUT2D eigenvalue weighted by Crippen LogP contribution is -2.62. The maximum Gasteiger partial charge on any atom is 0.240 e. The quantitative estimate of drug-likeness (QED) is 0.728. The van der Waals surface area contributed by atoms with Gasteiger partial charge in [0.1, 0.15) is 0 Å². The fourth-order valence-corrected chi connectivity index (χ4v) is 4.36. The molecule has 170 valence electrons. The SMILES string of the molecule is CC1(C)C(=O)NCCN1CC(=O)Nc1ccc(N2CCN(Cc3ccccc3)CC2)cc1. The summed E-state index contributed by atoms with van der Waals surface area (Å²) in [7, 11) is 0. The van der Waals surface area contributed by atoms with E-state index in [1.165, 1.54) is 11.3 Å². The van der Waals surface area contributed by atoms with Crippen LogP contribution in [-0.2, 0) is 16.1 Å². The number of hydrogen-bond acceptors (Lipinski definition) is 5. The summed E-state index contributed by atoms with van der Waals surface area (Å²) in [5.41, 5.74) is 2.63. The lowest BCUT2D eigenvalue weighted by Gasteiger charge is -2.40. The summed E-state index contributed by atoms with van der Waals surface area (Å²) >= 11 is 0. The molecule has 0 spiro atoms. The van der Waals surface area contributed by atoms with Gasteiger partial charge in [-0.3, -0.25) is 19.4 Å². The number of hydrogen-bond donors (Lipinski definition) is 2. The van der Waals surface area contributed by atoms with Crippen LogP contribution in [0.4, 0.5) is 11.4 Å². The van der Waals surface area contributed by atoms with E-state index < -0.39 is 5.54 Å². The van der Waals surface area contributed by atoms with Gasteiger partial charge in [-0.05, 0) is 43.7 Å². The molecule has 2 aromatic carbocycles. The predicted octanol–water partition coefficient (Wildman–Crippen LogP) is 2.16. The Bertz CT molecular complexity index is 921. The number of carbonyl (C=O) groups excluding carboxylic acids is 2. The Hall–Kier alpha value is -2.90. The third-order valence-corrected chi connectivity index (χ3v) is 6.49. The standard InChI is InChI=1S/C25H33N5O2/c1-25(2)24(32)26-12-13-30(25)19-23(31)27-21-8-10-22(11-9-21)29-16-14-28(15-17-29)18-20-6-4-3-5-7-20/h3-11H,12-19H2,1-2H3,(H,26,32)(H,27,31). The molecule has 2 aromatic rings. The smallest absolute Gasteiger partial charge is 0.240 e. The molecule has 0 atom stereocenters. The van der Waals surface area contributed by atoms with E-state index >= 15 is 0 Å². The van der Waals surface area contributed by atoms with E-state index in [1.807, 2.05) is 30.9 Å². The monoisotopic (exact) mass is 435 g/mol. The van der Waals surface area contributed by atoms with Crippen LogP contribution < -0.4 is 15.5 Å². The number of anilines is 2. The highest BCUT2D eigenvalue weighted by molar-refractivity contribution is 5.93. The molecule has 7 nitrogen and oxygen atoms in total. The largest absolute Gasteiger partial charge is 0.369 e. The van der Waals surface area contributed by atoms with E-state index in [1.54, 1.807) is 0 Å². The molecule has 2 aliphatic rings. The molecule has 0 saturated carbocycles. The molecular formula is C25H33N5O2. The van der Waals surface area contributed by atoms with Crippen LogP contribution in [0.5, 0.6) is 0 Å². The second-order valence-corrected chi connectivity index (χ2v) is 9.08. The molecular weight excluding hydrogens is 402 g/mol. The van der Waals surface area contributed by atoms with Crippen LogP contribution in [-0.4, -0.2) is 73.0 Å². The maximum absolute atomic E-state index is 12.5. The summed E-state index contributed by atoms with van der Waals surface area (Å²) in [6.07, 6.45) is 0. The van der Waals surface area contributed by atoms with E-state index in [0.717, 1.165) is 38.4 Å². The van der Waals surface area contributed by atoms with Crippen molar-refractivity contribution in [2.24, 2.45) is 0 Å². The Morgan fingerprint density at radius 3 is 2.34 bits per heavy atom. The molecule has 0 radical (unpaired) electrons. The molecule has 0 unspecified atom stereocenters.